The van der Waals surface area contributed by atoms with Crippen molar-refractivity contribution in [1.29, 1.82) is 0 Å². The van der Waals surface area contributed by atoms with Gasteiger partial charge in [0.25, 0.3) is 0 Å². The Morgan fingerprint density at radius 1 is 1.27 bits per heavy atom. The number of hydrogen-bond donors (Lipinski definition) is 0. The summed E-state index contributed by atoms with van der Waals surface area (Å²) >= 11 is 4.59. The van der Waals surface area contributed by atoms with Crippen molar-refractivity contribution < 1.29 is 0 Å². The number of hydrogen-bond acceptors (Lipinski definition) is 3. The SMILES string of the molecule is CN1CC2CCCC(C)(C1)C21SCCS1. The highest BCUT2D eigenvalue weighted by Gasteiger charge is 2.60. The van der Waals surface area contributed by atoms with Gasteiger partial charge in [-0.2, -0.15) is 0 Å². The molecule has 3 fully saturated rings. The standard InChI is InChI=1S/C12H21NS2/c1-11-5-3-4-10(8-13(2)9-11)12(11)14-6-7-15-12/h10H,3-9H2,1-2H3. The average molecular weight is 243 g/mol. The number of thioether (sulfide) groups is 2. The zero-order valence-corrected chi connectivity index (χ0v) is 11.4. The van der Waals surface area contributed by atoms with Crippen molar-refractivity contribution in [2.45, 2.75) is 30.3 Å². The largest absolute Gasteiger partial charge is 0.305 e. The van der Waals surface area contributed by atoms with Crippen molar-refractivity contribution in [3.05, 3.63) is 0 Å². The van der Waals surface area contributed by atoms with E-state index in [1.807, 2.05) is 0 Å². The highest BCUT2D eigenvalue weighted by atomic mass is 32.2. The van der Waals surface area contributed by atoms with Gasteiger partial charge in [-0.05, 0) is 25.8 Å². The second-order valence-electron chi connectivity index (χ2n) is 5.71. The lowest BCUT2D eigenvalue weighted by atomic mass is 9.67. The van der Waals surface area contributed by atoms with Crippen LogP contribution in [0.3, 0.4) is 0 Å². The quantitative estimate of drug-likeness (QED) is 0.644. The second-order valence-corrected chi connectivity index (χ2v) is 8.65. The minimum Gasteiger partial charge on any atom is -0.305 e. The third kappa shape index (κ3) is 1.42. The van der Waals surface area contributed by atoms with E-state index in [1.165, 1.54) is 43.9 Å². The van der Waals surface area contributed by atoms with Gasteiger partial charge in [0.15, 0.2) is 0 Å². The molecule has 2 bridgehead atoms. The molecule has 2 aliphatic heterocycles. The minimum atomic E-state index is 0.578. The fourth-order valence-corrected chi connectivity index (χ4v) is 8.04. The summed E-state index contributed by atoms with van der Waals surface area (Å²) in [7, 11) is 2.31. The lowest BCUT2D eigenvalue weighted by Gasteiger charge is -2.59. The predicted molar refractivity (Wildman–Crippen MR) is 70.6 cm³/mol. The molecule has 0 aromatic carbocycles. The maximum absolute atomic E-state index is 2.58. The topological polar surface area (TPSA) is 3.24 Å². The van der Waals surface area contributed by atoms with Crippen LogP contribution >= 0.6 is 23.5 Å². The molecule has 2 saturated heterocycles. The number of piperidine rings is 1. The van der Waals surface area contributed by atoms with E-state index >= 15 is 0 Å². The van der Waals surface area contributed by atoms with Crippen LogP contribution in [-0.4, -0.2) is 40.6 Å². The molecular formula is C12H21NS2. The third-order valence-corrected chi connectivity index (χ3v) is 8.82. The van der Waals surface area contributed by atoms with Gasteiger partial charge in [-0.1, -0.05) is 13.3 Å². The van der Waals surface area contributed by atoms with Gasteiger partial charge < -0.3 is 4.90 Å². The van der Waals surface area contributed by atoms with E-state index < -0.39 is 0 Å². The van der Waals surface area contributed by atoms with Gasteiger partial charge in [-0.3, -0.25) is 0 Å². The van der Waals surface area contributed by atoms with Crippen LogP contribution in [0.1, 0.15) is 26.2 Å². The monoisotopic (exact) mass is 243 g/mol. The molecule has 3 heteroatoms. The first-order valence-corrected chi connectivity index (χ1v) is 8.10. The molecular weight excluding hydrogens is 222 g/mol. The number of nitrogens with zero attached hydrogens (tertiary/aromatic N) is 1. The summed E-state index contributed by atoms with van der Waals surface area (Å²) in [5.41, 5.74) is 0.578. The lowest BCUT2D eigenvalue weighted by molar-refractivity contribution is 0.0311. The average Bonchev–Trinajstić information content (AvgIpc) is 2.60. The van der Waals surface area contributed by atoms with Crippen molar-refractivity contribution in [1.82, 2.24) is 4.90 Å². The summed E-state index contributed by atoms with van der Waals surface area (Å²) in [6, 6.07) is 0. The summed E-state index contributed by atoms with van der Waals surface area (Å²) in [6.45, 7) is 5.22. The molecule has 0 aromatic rings. The van der Waals surface area contributed by atoms with E-state index in [4.69, 9.17) is 0 Å². The first-order chi connectivity index (χ1) is 7.16. The summed E-state index contributed by atoms with van der Waals surface area (Å²) in [5.74, 6) is 3.73. The van der Waals surface area contributed by atoms with Gasteiger partial charge in [0, 0.05) is 30.0 Å². The number of likely N-dealkylation sites (tertiary alicyclic amines) is 1. The summed E-state index contributed by atoms with van der Waals surface area (Å²) < 4.78 is 0.595. The van der Waals surface area contributed by atoms with Gasteiger partial charge in [-0.15, -0.1) is 23.5 Å². The highest BCUT2D eigenvalue weighted by Crippen LogP contribution is 2.65. The van der Waals surface area contributed by atoms with Gasteiger partial charge >= 0.3 is 0 Å². The first-order valence-electron chi connectivity index (χ1n) is 6.13. The molecule has 0 amide bonds. The lowest BCUT2D eigenvalue weighted by Crippen LogP contribution is -2.60. The first kappa shape index (κ1) is 10.8. The Hall–Kier alpha value is 0.660. The number of rotatable bonds is 0. The van der Waals surface area contributed by atoms with Crippen molar-refractivity contribution in [3.8, 4) is 0 Å². The van der Waals surface area contributed by atoms with Gasteiger partial charge in [0.05, 0.1) is 4.08 Å². The van der Waals surface area contributed by atoms with E-state index in [0.717, 1.165) is 5.92 Å². The van der Waals surface area contributed by atoms with E-state index in [-0.39, 0.29) is 0 Å². The van der Waals surface area contributed by atoms with E-state index in [9.17, 15) is 0 Å². The molecule has 86 valence electrons. The van der Waals surface area contributed by atoms with Crippen LogP contribution in [0.5, 0.6) is 0 Å². The Morgan fingerprint density at radius 2 is 2.00 bits per heavy atom. The van der Waals surface area contributed by atoms with Crippen molar-refractivity contribution >= 4 is 23.5 Å². The van der Waals surface area contributed by atoms with Crippen LogP contribution < -0.4 is 0 Å². The molecule has 0 aromatic heterocycles. The van der Waals surface area contributed by atoms with Gasteiger partial charge in [0.1, 0.15) is 0 Å². The summed E-state index contributed by atoms with van der Waals surface area (Å²) in [6.07, 6.45) is 4.39. The predicted octanol–water partition coefficient (Wildman–Crippen LogP) is 2.91. The third-order valence-electron chi connectivity index (χ3n) is 4.53. The highest BCUT2D eigenvalue weighted by molar-refractivity contribution is 8.21. The Balaban J connectivity index is 1.98. The Bertz CT molecular complexity index is 262. The van der Waals surface area contributed by atoms with E-state index in [0.29, 0.717) is 9.49 Å². The Labute approximate surface area is 102 Å². The van der Waals surface area contributed by atoms with Crippen LogP contribution in [0.2, 0.25) is 0 Å². The molecule has 2 unspecified atom stereocenters. The van der Waals surface area contributed by atoms with Crippen LogP contribution in [-0.2, 0) is 0 Å². The maximum Gasteiger partial charge on any atom is 0.0717 e. The second kappa shape index (κ2) is 3.58. The molecule has 2 atom stereocenters. The molecule has 15 heavy (non-hydrogen) atoms. The van der Waals surface area contributed by atoms with Crippen LogP contribution in [0.25, 0.3) is 0 Å². The molecule has 2 heterocycles. The van der Waals surface area contributed by atoms with Crippen LogP contribution in [0.15, 0.2) is 0 Å². The molecule has 0 radical (unpaired) electrons. The van der Waals surface area contributed by atoms with Gasteiger partial charge in [-0.25, -0.2) is 0 Å². The van der Waals surface area contributed by atoms with Crippen molar-refractivity contribution in [2.75, 3.05) is 31.6 Å². The van der Waals surface area contributed by atoms with E-state index in [2.05, 4.69) is 42.4 Å². The zero-order chi connectivity index (χ0) is 10.5. The fraction of sp³-hybridized carbons (Fsp3) is 1.00. The molecule has 1 nitrogen and oxygen atoms in total. The molecule has 3 rings (SSSR count). The van der Waals surface area contributed by atoms with Crippen molar-refractivity contribution in [3.63, 3.8) is 0 Å². The van der Waals surface area contributed by atoms with Gasteiger partial charge in [0.2, 0.25) is 0 Å². The Kier molecular flexibility index (Phi) is 2.57. The Morgan fingerprint density at radius 3 is 2.67 bits per heavy atom. The summed E-state index contributed by atoms with van der Waals surface area (Å²) in [4.78, 5) is 2.58. The van der Waals surface area contributed by atoms with E-state index in [1.54, 1.807) is 0 Å². The van der Waals surface area contributed by atoms with Crippen LogP contribution in [0, 0.1) is 11.3 Å². The fourth-order valence-electron chi connectivity index (χ4n) is 4.05. The molecule has 1 spiro atoms. The molecule has 1 aliphatic carbocycles. The smallest absolute Gasteiger partial charge is 0.0717 e. The van der Waals surface area contributed by atoms with Crippen LogP contribution in [0.4, 0.5) is 0 Å². The maximum atomic E-state index is 2.58. The molecule has 0 N–H and O–H groups in total. The summed E-state index contributed by atoms with van der Waals surface area (Å²) in [5, 5.41) is 0. The zero-order valence-electron chi connectivity index (χ0n) is 9.79. The normalized spacial score (nSPS) is 44.8. The molecule has 1 saturated carbocycles. The van der Waals surface area contributed by atoms with Crippen molar-refractivity contribution in [2.24, 2.45) is 11.3 Å². The molecule has 3 aliphatic rings. The minimum absolute atomic E-state index is 0.578.